The van der Waals surface area contributed by atoms with Crippen LogP contribution in [0, 0.1) is 17.8 Å². The van der Waals surface area contributed by atoms with Crippen molar-refractivity contribution >= 4 is 5.82 Å². The standard InChI is InChI=1S/C16H25N3O/c1-3-6-20-16-9-15(17-10-18-16)19-11(2)14-8-12-4-5-13(14)7-12/h9-14H,3-8H2,1-2H3,(H,17,18,19). The number of anilines is 1. The Balaban J connectivity index is 1.59. The summed E-state index contributed by atoms with van der Waals surface area (Å²) in [5, 5.41) is 3.55. The van der Waals surface area contributed by atoms with Crippen molar-refractivity contribution in [1.29, 1.82) is 0 Å². The molecule has 2 aliphatic rings. The highest BCUT2D eigenvalue weighted by atomic mass is 16.5. The molecular weight excluding hydrogens is 250 g/mol. The second-order valence-electron chi connectivity index (χ2n) is 6.36. The van der Waals surface area contributed by atoms with Gasteiger partial charge in [0.2, 0.25) is 5.88 Å². The lowest BCUT2D eigenvalue weighted by Crippen LogP contribution is -2.30. The van der Waals surface area contributed by atoms with Crippen LogP contribution in [0.2, 0.25) is 0 Å². The minimum atomic E-state index is 0.485. The number of ether oxygens (including phenoxy) is 1. The molecule has 4 atom stereocenters. The Morgan fingerprint density at radius 1 is 1.35 bits per heavy atom. The summed E-state index contributed by atoms with van der Waals surface area (Å²) < 4.78 is 5.56. The largest absolute Gasteiger partial charge is 0.478 e. The van der Waals surface area contributed by atoms with Crippen molar-refractivity contribution in [3.8, 4) is 5.88 Å². The van der Waals surface area contributed by atoms with Gasteiger partial charge < -0.3 is 10.1 Å². The van der Waals surface area contributed by atoms with Gasteiger partial charge in [-0.3, -0.25) is 0 Å². The highest BCUT2D eigenvalue weighted by Gasteiger charge is 2.41. The molecule has 4 heteroatoms. The van der Waals surface area contributed by atoms with E-state index in [2.05, 4.69) is 29.1 Å². The monoisotopic (exact) mass is 275 g/mol. The maximum Gasteiger partial charge on any atom is 0.218 e. The van der Waals surface area contributed by atoms with Crippen molar-refractivity contribution in [1.82, 2.24) is 9.97 Å². The van der Waals surface area contributed by atoms with E-state index < -0.39 is 0 Å². The molecule has 0 aliphatic heterocycles. The van der Waals surface area contributed by atoms with Gasteiger partial charge in [0, 0.05) is 12.1 Å². The maximum absolute atomic E-state index is 5.56. The first-order chi connectivity index (χ1) is 9.76. The molecule has 20 heavy (non-hydrogen) atoms. The normalized spacial score (nSPS) is 29.4. The van der Waals surface area contributed by atoms with Crippen molar-refractivity contribution in [3.05, 3.63) is 12.4 Å². The van der Waals surface area contributed by atoms with Gasteiger partial charge >= 0.3 is 0 Å². The molecule has 2 bridgehead atoms. The van der Waals surface area contributed by atoms with Crippen molar-refractivity contribution in [2.45, 2.75) is 52.0 Å². The lowest BCUT2D eigenvalue weighted by atomic mass is 9.84. The number of nitrogens with one attached hydrogen (secondary N) is 1. The van der Waals surface area contributed by atoms with Gasteiger partial charge in [0.25, 0.3) is 0 Å². The molecule has 0 amide bonds. The van der Waals surface area contributed by atoms with Crippen LogP contribution in [0.15, 0.2) is 12.4 Å². The zero-order valence-electron chi connectivity index (χ0n) is 12.5. The van der Waals surface area contributed by atoms with Crippen molar-refractivity contribution < 1.29 is 4.74 Å². The van der Waals surface area contributed by atoms with Gasteiger partial charge in [-0.05, 0) is 50.4 Å². The van der Waals surface area contributed by atoms with E-state index in [-0.39, 0.29) is 0 Å². The van der Waals surface area contributed by atoms with E-state index in [0.29, 0.717) is 18.5 Å². The molecule has 110 valence electrons. The van der Waals surface area contributed by atoms with Crippen LogP contribution in [-0.2, 0) is 0 Å². The van der Waals surface area contributed by atoms with Gasteiger partial charge in [-0.15, -0.1) is 0 Å². The predicted molar refractivity (Wildman–Crippen MR) is 79.8 cm³/mol. The quantitative estimate of drug-likeness (QED) is 0.863. The molecule has 0 spiro atoms. The highest BCUT2D eigenvalue weighted by Crippen LogP contribution is 2.49. The summed E-state index contributed by atoms with van der Waals surface area (Å²) in [6.45, 7) is 5.09. The highest BCUT2D eigenvalue weighted by molar-refractivity contribution is 5.38. The van der Waals surface area contributed by atoms with Crippen LogP contribution >= 0.6 is 0 Å². The zero-order valence-corrected chi connectivity index (χ0v) is 12.5. The van der Waals surface area contributed by atoms with Crippen molar-refractivity contribution in [2.24, 2.45) is 17.8 Å². The van der Waals surface area contributed by atoms with Crippen LogP contribution in [-0.4, -0.2) is 22.6 Å². The molecule has 4 unspecified atom stereocenters. The first-order valence-electron chi connectivity index (χ1n) is 7.97. The molecule has 2 fully saturated rings. The van der Waals surface area contributed by atoms with Gasteiger partial charge in [-0.1, -0.05) is 13.3 Å². The third-order valence-corrected chi connectivity index (χ3v) is 4.91. The average molecular weight is 275 g/mol. The van der Waals surface area contributed by atoms with E-state index in [9.17, 15) is 0 Å². The fourth-order valence-corrected chi connectivity index (χ4v) is 3.95. The Kier molecular flexibility index (Phi) is 4.08. The summed E-state index contributed by atoms with van der Waals surface area (Å²) in [6, 6.07) is 2.40. The minimum Gasteiger partial charge on any atom is -0.478 e. The summed E-state index contributed by atoms with van der Waals surface area (Å²) in [4.78, 5) is 8.47. The molecule has 0 saturated heterocycles. The second-order valence-corrected chi connectivity index (χ2v) is 6.36. The molecule has 1 aromatic rings. The molecule has 1 heterocycles. The van der Waals surface area contributed by atoms with E-state index >= 15 is 0 Å². The summed E-state index contributed by atoms with van der Waals surface area (Å²) >= 11 is 0. The van der Waals surface area contributed by atoms with Crippen LogP contribution in [0.5, 0.6) is 5.88 Å². The molecule has 4 nitrogen and oxygen atoms in total. The SMILES string of the molecule is CCCOc1cc(NC(C)C2CC3CCC2C3)ncn1. The molecular formula is C16H25N3O. The number of fused-ring (bicyclic) bond motifs is 2. The number of nitrogens with zero attached hydrogens (tertiary/aromatic N) is 2. The average Bonchev–Trinajstić information content (AvgIpc) is 3.08. The Morgan fingerprint density at radius 2 is 2.25 bits per heavy atom. The fourth-order valence-electron chi connectivity index (χ4n) is 3.95. The lowest BCUT2D eigenvalue weighted by Gasteiger charge is -2.28. The van der Waals surface area contributed by atoms with Gasteiger partial charge in [0.05, 0.1) is 6.61 Å². The Hall–Kier alpha value is -1.32. The number of aromatic nitrogens is 2. The third kappa shape index (κ3) is 2.89. The smallest absolute Gasteiger partial charge is 0.218 e. The summed E-state index contributed by atoms with van der Waals surface area (Å²) in [5.41, 5.74) is 0. The fraction of sp³-hybridized carbons (Fsp3) is 0.750. The van der Waals surface area contributed by atoms with Gasteiger partial charge in [-0.25, -0.2) is 9.97 Å². The predicted octanol–water partition coefficient (Wildman–Crippen LogP) is 3.50. The topological polar surface area (TPSA) is 47.0 Å². The first-order valence-corrected chi connectivity index (χ1v) is 7.97. The van der Waals surface area contributed by atoms with E-state index in [4.69, 9.17) is 4.74 Å². The third-order valence-electron chi connectivity index (χ3n) is 4.91. The summed E-state index contributed by atoms with van der Waals surface area (Å²) in [5.74, 6) is 4.29. The van der Waals surface area contributed by atoms with Gasteiger partial charge in [0.1, 0.15) is 12.1 Å². The maximum atomic E-state index is 5.56. The van der Waals surface area contributed by atoms with Crippen molar-refractivity contribution in [2.75, 3.05) is 11.9 Å². The molecule has 2 saturated carbocycles. The van der Waals surface area contributed by atoms with E-state index in [1.54, 1.807) is 6.33 Å². The van der Waals surface area contributed by atoms with Crippen LogP contribution in [0.4, 0.5) is 5.82 Å². The molecule has 1 N–H and O–H groups in total. The minimum absolute atomic E-state index is 0.485. The molecule has 2 aliphatic carbocycles. The lowest BCUT2D eigenvalue weighted by molar-refractivity contribution is 0.301. The molecule has 3 rings (SSSR count). The molecule has 0 radical (unpaired) electrons. The van der Waals surface area contributed by atoms with Crippen LogP contribution in [0.25, 0.3) is 0 Å². The summed E-state index contributed by atoms with van der Waals surface area (Å²) in [7, 11) is 0. The number of rotatable bonds is 6. The first kappa shape index (κ1) is 13.7. The second kappa shape index (κ2) is 5.98. The molecule has 0 aromatic carbocycles. The Bertz CT molecular complexity index is 451. The Labute approximate surface area is 121 Å². The van der Waals surface area contributed by atoms with E-state index in [0.717, 1.165) is 30.0 Å². The molecule has 1 aromatic heterocycles. The van der Waals surface area contributed by atoms with Crippen LogP contribution < -0.4 is 10.1 Å². The summed E-state index contributed by atoms with van der Waals surface area (Å²) in [6.07, 6.45) is 8.30. The van der Waals surface area contributed by atoms with Crippen LogP contribution in [0.1, 0.15) is 46.0 Å². The van der Waals surface area contributed by atoms with Crippen LogP contribution in [0.3, 0.4) is 0 Å². The van der Waals surface area contributed by atoms with E-state index in [1.807, 2.05) is 6.07 Å². The van der Waals surface area contributed by atoms with Gasteiger partial charge in [-0.2, -0.15) is 0 Å². The van der Waals surface area contributed by atoms with Crippen molar-refractivity contribution in [3.63, 3.8) is 0 Å². The Morgan fingerprint density at radius 3 is 2.95 bits per heavy atom. The number of hydrogen-bond acceptors (Lipinski definition) is 4. The zero-order chi connectivity index (χ0) is 13.9. The van der Waals surface area contributed by atoms with Gasteiger partial charge in [0.15, 0.2) is 0 Å². The van der Waals surface area contributed by atoms with E-state index in [1.165, 1.54) is 25.7 Å². The number of hydrogen-bond donors (Lipinski definition) is 1.